The van der Waals surface area contributed by atoms with Crippen molar-refractivity contribution in [1.82, 2.24) is 15.3 Å². The van der Waals surface area contributed by atoms with Gasteiger partial charge in [0.25, 0.3) is 0 Å². The summed E-state index contributed by atoms with van der Waals surface area (Å²) in [4.78, 5) is 8.62. The molecule has 5 heteroatoms. The molecule has 0 spiro atoms. The molecular formula is C15H16ClN3O. The fourth-order valence-electron chi connectivity index (χ4n) is 1.86. The van der Waals surface area contributed by atoms with E-state index in [4.69, 9.17) is 16.3 Å². The second-order valence-electron chi connectivity index (χ2n) is 5.01. The fourth-order valence-corrected chi connectivity index (χ4v) is 2.09. The SMILES string of the molecule is Cc1cc(Cl)ccc1Oc1cnc(CNC2CC2)cn1. The Balaban J connectivity index is 1.64. The van der Waals surface area contributed by atoms with Crippen LogP contribution in [0.5, 0.6) is 11.6 Å². The van der Waals surface area contributed by atoms with Gasteiger partial charge < -0.3 is 10.1 Å². The van der Waals surface area contributed by atoms with E-state index in [0.717, 1.165) is 23.6 Å². The first-order valence-corrected chi connectivity index (χ1v) is 7.07. The van der Waals surface area contributed by atoms with E-state index in [9.17, 15) is 0 Å². The van der Waals surface area contributed by atoms with E-state index in [0.29, 0.717) is 16.9 Å². The Hall–Kier alpha value is -1.65. The molecule has 1 aromatic heterocycles. The topological polar surface area (TPSA) is 47.0 Å². The quantitative estimate of drug-likeness (QED) is 0.915. The molecule has 0 saturated heterocycles. The van der Waals surface area contributed by atoms with Crippen LogP contribution in [0.2, 0.25) is 5.02 Å². The van der Waals surface area contributed by atoms with Crippen molar-refractivity contribution in [2.45, 2.75) is 32.4 Å². The molecule has 4 nitrogen and oxygen atoms in total. The van der Waals surface area contributed by atoms with E-state index in [1.165, 1.54) is 12.8 Å². The summed E-state index contributed by atoms with van der Waals surface area (Å²) in [5, 5.41) is 4.10. The van der Waals surface area contributed by atoms with Crippen molar-refractivity contribution in [3.63, 3.8) is 0 Å². The third-order valence-electron chi connectivity index (χ3n) is 3.18. The van der Waals surface area contributed by atoms with Crippen molar-refractivity contribution in [3.8, 4) is 11.6 Å². The average molecular weight is 290 g/mol. The van der Waals surface area contributed by atoms with Gasteiger partial charge in [0.05, 0.1) is 18.1 Å². The lowest BCUT2D eigenvalue weighted by Crippen LogP contribution is -2.16. The van der Waals surface area contributed by atoms with Crippen molar-refractivity contribution in [2.24, 2.45) is 0 Å². The van der Waals surface area contributed by atoms with Gasteiger partial charge in [-0.1, -0.05) is 11.6 Å². The van der Waals surface area contributed by atoms with Gasteiger partial charge in [0.15, 0.2) is 0 Å². The maximum atomic E-state index is 5.92. The maximum absolute atomic E-state index is 5.92. The summed E-state index contributed by atoms with van der Waals surface area (Å²) in [5.74, 6) is 1.23. The number of benzene rings is 1. The molecule has 2 aromatic rings. The Morgan fingerprint density at radius 1 is 1.30 bits per heavy atom. The minimum atomic E-state index is 0.491. The normalized spacial score (nSPS) is 14.3. The number of rotatable bonds is 5. The van der Waals surface area contributed by atoms with Crippen molar-refractivity contribution in [1.29, 1.82) is 0 Å². The first kappa shape index (κ1) is 13.3. The number of hydrogen-bond acceptors (Lipinski definition) is 4. The number of halogens is 1. The highest BCUT2D eigenvalue weighted by molar-refractivity contribution is 6.30. The Morgan fingerprint density at radius 3 is 2.80 bits per heavy atom. The van der Waals surface area contributed by atoms with Crippen LogP contribution >= 0.6 is 11.6 Å². The van der Waals surface area contributed by atoms with E-state index in [-0.39, 0.29) is 0 Å². The predicted octanol–water partition coefficient (Wildman–Crippen LogP) is 3.48. The molecule has 0 amide bonds. The van der Waals surface area contributed by atoms with E-state index >= 15 is 0 Å². The number of hydrogen-bond donors (Lipinski definition) is 1. The zero-order valence-electron chi connectivity index (χ0n) is 11.3. The first-order valence-electron chi connectivity index (χ1n) is 6.69. The summed E-state index contributed by atoms with van der Waals surface area (Å²) >= 11 is 5.92. The van der Waals surface area contributed by atoms with Crippen LogP contribution in [0.3, 0.4) is 0 Å². The predicted molar refractivity (Wildman–Crippen MR) is 78.2 cm³/mol. The van der Waals surface area contributed by atoms with Gasteiger partial charge in [-0.05, 0) is 43.5 Å². The smallest absolute Gasteiger partial charge is 0.237 e. The van der Waals surface area contributed by atoms with Crippen molar-refractivity contribution in [3.05, 3.63) is 46.9 Å². The van der Waals surface area contributed by atoms with Crippen LogP contribution in [0, 0.1) is 6.92 Å². The highest BCUT2D eigenvalue weighted by atomic mass is 35.5. The summed E-state index contributed by atoms with van der Waals surface area (Å²) in [6.07, 6.45) is 5.93. The van der Waals surface area contributed by atoms with E-state index < -0.39 is 0 Å². The number of aromatic nitrogens is 2. The average Bonchev–Trinajstić information content (AvgIpc) is 3.25. The van der Waals surface area contributed by atoms with Crippen LogP contribution < -0.4 is 10.1 Å². The van der Waals surface area contributed by atoms with Gasteiger partial charge in [0.1, 0.15) is 5.75 Å². The minimum absolute atomic E-state index is 0.491. The van der Waals surface area contributed by atoms with Gasteiger partial charge in [-0.25, -0.2) is 4.98 Å². The van der Waals surface area contributed by atoms with E-state index in [2.05, 4.69) is 15.3 Å². The van der Waals surface area contributed by atoms with E-state index in [1.54, 1.807) is 18.5 Å². The van der Waals surface area contributed by atoms with Gasteiger partial charge in [-0.2, -0.15) is 0 Å². The first-order chi connectivity index (χ1) is 9.70. The minimum Gasteiger partial charge on any atom is -0.437 e. The van der Waals surface area contributed by atoms with Crippen molar-refractivity contribution < 1.29 is 4.74 Å². The summed E-state index contributed by atoms with van der Waals surface area (Å²) < 4.78 is 5.70. The van der Waals surface area contributed by atoms with Crippen LogP contribution in [0.4, 0.5) is 0 Å². The molecule has 104 valence electrons. The molecule has 0 aliphatic heterocycles. The Bertz CT molecular complexity index is 597. The molecule has 0 atom stereocenters. The van der Waals surface area contributed by atoms with Crippen molar-refractivity contribution in [2.75, 3.05) is 0 Å². The molecule has 3 rings (SSSR count). The van der Waals surface area contributed by atoms with Crippen LogP contribution in [0.15, 0.2) is 30.6 Å². The third kappa shape index (κ3) is 3.46. The molecule has 1 aromatic carbocycles. The number of nitrogens with one attached hydrogen (secondary N) is 1. The lowest BCUT2D eigenvalue weighted by Gasteiger charge is -2.08. The number of aryl methyl sites for hydroxylation is 1. The Labute approximate surface area is 123 Å². The summed E-state index contributed by atoms with van der Waals surface area (Å²) in [6, 6.07) is 6.16. The Morgan fingerprint density at radius 2 is 2.15 bits per heavy atom. The molecule has 1 heterocycles. The van der Waals surface area contributed by atoms with E-state index in [1.807, 2.05) is 19.1 Å². The molecular weight excluding hydrogens is 274 g/mol. The van der Waals surface area contributed by atoms with Crippen LogP contribution in [-0.2, 0) is 6.54 Å². The monoisotopic (exact) mass is 289 g/mol. The third-order valence-corrected chi connectivity index (χ3v) is 3.42. The largest absolute Gasteiger partial charge is 0.437 e. The summed E-state index contributed by atoms with van der Waals surface area (Å²) in [5.41, 5.74) is 1.90. The highest BCUT2D eigenvalue weighted by Gasteiger charge is 2.20. The second-order valence-corrected chi connectivity index (χ2v) is 5.45. The molecule has 1 fully saturated rings. The molecule has 1 saturated carbocycles. The van der Waals surface area contributed by atoms with Crippen molar-refractivity contribution >= 4 is 11.6 Å². The Kier molecular flexibility index (Phi) is 3.85. The van der Waals surface area contributed by atoms with Crippen LogP contribution in [0.1, 0.15) is 24.1 Å². The van der Waals surface area contributed by atoms with Crippen LogP contribution in [0.25, 0.3) is 0 Å². The summed E-state index contributed by atoms with van der Waals surface area (Å²) in [6.45, 7) is 2.71. The summed E-state index contributed by atoms with van der Waals surface area (Å²) in [7, 11) is 0. The molecule has 1 aliphatic carbocycles. The molecule has 1 N–H and O–H groups in total. The van der Waals surface area contributed by atoms with Gasteiger partial charge in [0, 0.05) is 17.6 Å². The fraction of sp³-hybridized carbons (Fsp3) is 0.333. The van der Waals surface area contributed by atoms with Gasteiger partial charge in [-0.15, -0.1) is 0 Å². The molecule has 0 bridgehead atoms. The van der Waals surface area contributed by atoms with Crippen LogP contribution in [-0.4, -0.2) is 16.0 Å². The number of nitrogens with zero attached hydrogens (tertiary/aromatic N) is 2. The van der Waals surface area contributed by atoms with Gasteiger partial charge in [0.2, 0.25) is 5.88 Å². The zero-order valence-corrected chi connectivity index (χ0v) is 12.0. The lowest BCUT2D eigenvalue weighted by atomic mass is 10.2. The second kappa shape index (κ2) is 5.77. The molecule has 0 unspecified atom stereocenters. The van der Waals surface area contributed by atoms with Gasteiger partial charge >= 0.3 is 0 Å². The zero-order chi connectivity index (χ0) is 13.9. The lowest BCUT2D eigenvalue weighted by molar-refractivity contribution is 0.455. The number of ether oxygens (including phenoxy) is 1. The van der Waals surface area contributed by atoms with Gasteiger partial charge in [-0.3, -0.25) is 4.98 Å². The maximum Gasteiger partial charge on any atom is 0.237 e. The molecule has 20 heavy (non-hydrogen) atoms. The standard InChI is InChI=1S/C15H16ClN3O/c1-10-6-11(16)2-5-14(10)20-15-9-18-13(8-19-15)7-17-12-3-4-12/h2,5-6,8-9,12,17H,3-4,7H2,1H3. The molecule has 0 radical (unpaired) electrons. The molecule has 1 aliphatic rings. The highest BCUT2D eigenvalue weighted by Crippen LogP contribution is 2.25.